The Morgan fingerprint density at radius 3 is 2.41 bits per heavy atom. The van der Waals surface area contributed by atoms with Crippen molar-refractivity contribution in [1.29, 1.82) is 0 Å². The third-order valence-corrected chi connectivity index (χ3v) is 6.87. The highest BCUT2D eigenvalue weighted by atomic mass is 35.5. The van der Waals surface area contributed by atoms with Gasteiger partial charge in [0, 0.05) is 39.8 Å². The summed E-state index contributed by atoms with van der Waals surface area (Å²) in [6.07, 6.45) is 3.59. The summed E-state index contributed by atoms with van der Waals surface area (Å²) in [5, 5.41) is 9.25. The molecule has 0 spiro atoms. The zero-order valence-electron chi connectivity index (χ0n) is 20.2. The van der Waals surface area contributed by atoms with E-state index in [0.29, 0.717) is 22.2 Å². The summed E-state index contributed by atoms with van der Waals surface area (Å²) in [6.45, 7) is 4.34. The number of carbonyl (C=O) groups excluding carboxylic acids is 2. The second kappa shape index (κ2) is 11.8. The molecule has 0 fully saturated rings. The Bertz CT molecular complexity index is 1460. The number of nitrogens with zero attached hydrogens (tertiary/aromatic N) is 2. The summed E-state index contributed by atoms with van der Waals surface area (Å²) >= 11 is 18.0. The minimum Gasteiger partial charge on any atom is -0.342 e. The van der Waals surface area contributed by atoms with E-state index in [-0.39, 0.29) is 10.9 Å². The van der Waals surface area contributed by atoms with E-state index in [1.807, 2.05) is 68.6 Å². The molecule has 0 saturated carbocycles. The number of amides is 2. The van der Waals surface area contributed by atoms with Gasteiger partial charge in [-0.3, -0.25) is 9.59 Å². The standard InChI is InChI=1S/C28H25Cl3N4O2/c1-17(2)26(33-27(36)19-9-12-23(30)24(31)13-19)28(37)34-32-14-20-16-35(25-6-4-3-5-22(20)25)15-18-7-10-21(29)11-8-18/h3-14,16-17,26H,15H2,1-2H3,(H,33,36)(H,34,37)/b32-14-. The number of nitrogens with one attached hydrogen (secondary N) is 2. The van der Waals surface area contributed by atoms with Crippen LogP contribution in [-0.2, 0) is 11.3 Å². The van der Waals surface area contributed by atoms with Gasteiger partial charge in [0.15, 0.2) is 0 Å². The number of rotatable bonds is 8. The molecule has 3 aromatic carbocycles. The highest BCUT2D eigenvalue weighted by Crippen LogP contribution is 2.23. The van der Waals surface area contributed by atoms with Gasteiger partial charge in [0.2, 0.25) is 0 Å². The summed E-state index contributed by atoms with van der Waals surface area (Å²) in [6, 6.07) is 19.4. The Morgan fingerprint density at radius 2 is 1.70 bits per heavy atom. The molecule has 1 aromatic heterocycles. The number of hydrazone groups is 1. The first kappa shape index (κ1) is 26.7. The van der Waals surface area contributed by atoms with E-state index in [0.717, 1.165) is 22.0 Å². The number of benzene rings is 3. The van der Waals surface area contributed by atoms with Gasteiger partial charge >= 0.3 is 0 Å². The van der Waals surface area contributed by atoms with Crippen LogP contribution in [0.25, 0.3) is 10.9 Å². The Kier molecular flexibility index (Phi) is 8.54. The molecule has 1 heterocycles. The molecule has 1 atom stereocenters. The zero-order valence-corrected chi connectivity index (χ0v) is 22.5. The van der Waals surface area contributed by atoms with Crippen molar-refractivity contribution in [2.24, 2.45) is 11.0 Å². The SMILES string of the molecule is CC(C)C(NC(=O)c1ccc(Cl)c(Cl)c1)C(=O)N/N=C\c1cn(Cc2ccc(Cl)cc2)c2ccccc12. The fourth-order valence-electron chi connectivity index (χ4n) is 3.93. The molecule has 4 rings (SSSR count). The van der Waals surface area contributed by atoms with Crippen molar-refractivity contribution in [2.45, 2.75) is 26.4 Å². The fraction of sp³-hybridized carbons (Fsp3) is 0.179. The van der Waals surface area contributed by atoms with E-state index in [4.69, 9.17) is 34.8 Å². The predicted octanol–water partition coefficient (Wildman–Crippen LogP) is 6.55. The van der Waals surface area contributed by atoms with Gasteiger partial charge in [-0.15, -0.1) is 0 Å². The Hall–Kier alpha value is -3.32. The molecular weight excluding hydrogens is 531 g/mol. The number of carbonyl (C=O) groups is 2. The van der Waals surface area contributed by atoms with E-state index in [1.165, 1.54) is 12.1 Å². The van der Waals surface area contributed by atoms with Gasteiger partial charge in [0.05, 0.1) is 16.3 Å². The Labute approximate surface area is 230 Å². The van der Waals surface area contributed by atoms with Gasteiger partial charge in [0.25, 0.3) is 11.8 Å². The van der Waals surface area contributed by atoms with Crippen LogP contribution >= 0.6 is 34.8 Å². The number of aromatic nitrogens is 1. The van der Waals surface area contributed by atoms with Crippen molar-refractivity contribution in [3.63, 3.8) is 0 Å². The summed E-state index contributed by atoms with van der Waals surface area (Å²) in [5.74, 6) is -1.03. The Balaban J connectivity index is 1.48. The molecule has 0 aliphatic rings. The maximum Gasteiger partial charge on any atom is 0.262 e. The second-order valence-electron chi connectivity index (χ2n) is 8.91. The summed E-state index contributed by atoms with van der Waals surface area (Å²) in [4.78, 5) is 25.6. The lowest BCUT2D eigenvalue weighted by atomic mass is 10.0. The van der Waals surface area contributed by atoms with Gasteiger partial charge < -0.3 is 9.88 Å². The zero-order chi connectivity index (χ0) is 26.5. The summed E-state index contributed by atoms with van der Waals surface area (Å²) in [5.41, 5.74) is 5.88. The highest BCUT2D eigenvalue weighted by molar-refractivity contribution is 6.42. The normalized spacial score (nSPS) is 12.3. The average Bonchev–Trinajstić information content (AvgIpc) is 3.22. The third-order valence-electron chi connectivity index (χ3n) is 5.88. The number of halogens is 3. The minimum absolute atomic E-state index is 0.178. The largest absolute Gasteiger partial charge is 0.342 e. The molecule has 0 bridgehead atoms. The maximum atomic E-state index is 12.9. The van der Waals surface area contributed by atoms with Gasteiger partial charge in [0.1, 0.15) is 6.04 Å². The first-order chi connectivity index (χ1) is 17.7. The van der Waals surface area contributed by atoms with Crippen LogP contribution in [0.15, 0.2) is 78.0 Å². The van der Waals surface area contributed by atoms with Crippen molar-refractivity contribution in [3.8, 4) is 0 Å². The first-order valence-electron chi connectivity index (χ1n) is 11.6. The number of para-hydroxylation sites is 1. The molecule has 0 saturated heterocycles. The maximum absolute atomic E-state index is 12.9. The van der Waals surface area contributed by atoms with E-state index >= 15 is 0 Å². The van der Waals surface area contributed by atoms with Crippen molar-refractivity contribution in [3.05, 3.63) is 105 Å². The Morgan fingerprint density at radius 1 is 0.973 bits per heavy atom. The molecular formula is C28H25Cl3N4O2. The third kappa shape index (κ3) is 6.52. The summed E-state index contributed by atoms with van der Waals surface area (Å²) in [7, 11) is 0. The smallest absolute Gasteiger partial charge is 0.262 e. The van der Waals surface area contributed by atoms with Crippen LogP contribution < -0.4 is 10.7 Å². The first-order valence-corrected chi connectivity index (χ1v) is 12.8. The molecule has 2 amide bonds. The van der Waals surface area contributed by atoms with Gasteiger partial charge in [-0.2, -0.15) is 5.10 Å². The molecule has 4 aromatic rings. The van der Waals surface area contributed by atoms with Crippen LogP contribution in [0.1, 0.15) is 35.3 Å². The molecule has 0 radical (unpaired) electrons. The summed E-state index contributed by atoms with van der Waals surface area (Å²) < 4.78 is 2.12. The monoisotopic (exact) mass is 554 g/mol. The van der Waals surface area contributed by atoms with E-state index in [9.17, 15) is 9.59 Å². The fourth-order valence-corrected chi connectivity index (χ4v) is 4.35. The van der Waals surface area contributed by atoms with Crippen LogP contribution in [-0.4, -0.2) is 28.6 Å². The van der Waals surface area contributed by atoms with Gasteiger partial charge in [-0.25, -0.2) is 5.43 Å². The van der Waals surface area contributed by atoms with E-state index < -0.39 is 17.9 Å². The molecule has 190 valence electrons. The highest BCUT2D eigenvalue weighted by Gasteiger charge is 2.25. The molecule has 1 unspecified atom stereocenters. The molecule has 2 N–H and O–H groups in total. The van der Waals surface area contributed by atoms with E-state index in [2.05, 4.69) is 20.4 Å². The second-order valence-corrected chi connectivity index (χ2v) is 10.2. The van der Waals surface area contributed by atoms with Crippen molar-refractivity contribution in [2.75, 3.05) is 0 Å². The quantitative estimate of drug-likeness (QED) is 0.191. The number of fused-ring (bicyclic) bond motifs is 1. The lowest BCUT2D eigenvalue weighted by Gasteiger charge is -2.20. The van der Waals surface area contributed by atoms with Gasteiger partial charge in [-0.05, 0) is 47.9 Å². The van der Waals surface area contributed by atoms with Crippen molar-refractivity contribution >= 4 is 63.7 Å². The number of hydrogen-bond donors (Lipinski definition) is 2. The van der Waals surface area contributed by atoms with Crippen LogP contribution in [0.2, 0.25) is 15.1 Å². The topological polar surface area (TPSA) is 75.5 Å². The molecule has 0 aliphatic carbocycles. The number of hydrogen-bond acceptors (Lipinski definition) is 3. The van der Waals surface area contributed by atoms with Crippen molar-refractivity contribution in [1.82, 2.24) is 15.3 Å². The molecule has 0 aliphatic heterocycles. The van der Waals surface area contributed by atoms with Crippen molar-refractivity contribution < 1.29 is 9.59 Å². The minimum atomic E-state index is -0.801. The van der Waals surface area contributed by atoms with Crippen LogP contribution in [0, 0.1) is 5.92 Å². The molecule has 37 heavy (non-hydrogen) atoms. The van der Waals surface area contributed by atoms with Crippen LogP contribution in [0.5, 0.6) is 0 Å². The lowest BCUT2D eigenvalue weighted by molar-refractivity contribution is -0.123. The van der Waals surface area contributed by atoms with Crippen LogP contribution in [0.3, 0.4) is 0 Å². The molecule has 9 heteroatoms. The average molecular weight is 556 g/mol. The van der Waals surface area contributed by atoms with E-state index in [1.54, 1.807) is 12.3 Å². The predicted molar refractivity (Wildman–Crippen MR) is 151 cm³/mol. The van der Waals surface area contributed by atoms with Gasteiger partial charge in [-0.1, -0.05) is 79.0 Å². The molecule has 6 nitrogen and oxygen atoms in total. The van der Waals surface area contributed by atoms with Crippen LogP contribution in [0.4, 0.5) is 0 Å². The lowest BCUT2D eigenvalue weighted by Crippen LogP contribution is -2.48.